The van der Waals surface area contributed by atoms with Crippen molar-refractivity contribution in [1.29, 1.82) is 0 Å². The molecule has 0 amide bonds. The summed E-state index contributed by atoms with van der Waals surface area (Å²) in [5, 5.41) is 10.1. The van der Waals surface area contributed by atoms with Crippen LogP contribution in [-0.2, 0) is 0 Å². The average Bonchev–Trinajstić information content (AvgIpc) is 2.84. The lowest BCUT2D eigenvalue weighted by atomic mass is 10.0. The largest absolute Gasteiger partial charge is 0.478 e. The van der Waals surface area contributed by atoms with E-state index in [1.807, 2.05) is 26.0 Å². The van der Waals surface area contributed by atoms with Crippen molar-refractivity contribution in [1.82, 2.24) is 4.98 Å². The predicted molar refractivity (Wildman–Crippen MR) is 83.6 cm³/mol. The minimum absolute atomic E-state index is 0.216. The van der Waals surface area contributed by atoms with Crippen LogP contribution in [0.1, 0.15) is 21.7 Å². The highest BCUT2D eigenvalue weighted by molar-refractivity contribution is 9.10. The van der Waals surface area contributed by atoms with Gasteiger partial charge in [0.25, 0.3) is 0 Å². The Labute approximate surface area is 129 Å². The van der Waals surface area contributed by atoms with Crippen molar-refractivity contribution in [2.75, 3.05) is 0 Å². The van der Waals surface area contributed by atoms with Gasteiger partial charge in [0.05, 0.1) is 11.1 Å². The molecule has 4 nitrogen and oxygen atoms in total. The Morgan fingerprint density at radius 1 is 1.24 bits per heavy atom. The van der Waals surface area contributed by atoms with Crippen molar-refractivity contribution < 1.29 is 14.3 Å². The van der Waals surface area contributed by atoms with Gasteiger partial charge in [-0.15, -0.1) is 0 Å². The number of aromatic carboxylic acids is 1. The summed E-state index contributed by atoms with van der Waals surface area (Å²) in [4.78, 5) is 16.1. The van der Waals surface area contributed by atoms with Gasteiger partial charge in [0, 0.05) is 9.86 Å². The summed E-state index contributed by atoms with van der Waals surface area (Å²) >= 11 is 3.39. The maximum absolute atomic E-state index is 11.6. The van der Waals surface area contributed by atoms with E-state index in [-0.39, 0.29) is 5.56 Å². The van der Waals surface area contributed by atoms with Crippen LogP contribution in [0.3, 0.4) is 0 Å². The monoisotopic (exact) mass is 345 g/mol. The summed E-state index contributed by atoms with van der Waals surface area (Å²) < 4.78 is 6.38. The Hall–Kier alpha value is -2.14. The highest BCUT2D eigenvalue weighted by Crippen LogP contribution is 2.30. The van der Waals surface area contributed by atoms with E-state index in [4.69, 9.17) is 4.42 Å². The second-order valence-corrected chi connectivity index (χ2v) is 5.81. The minimum atomic E-state index is -0.982. The number of furan rings is 1. The Bertz CT molecular complexity index is 867. The number of benzene rings is 1. The van der Waals surface area contributed by atoms with Crippen LogP contribution < -0.4 is 0 Å². The van der Waals surface area contributed by atoms with Gasteiger partial charge in [-0.05, 0) is 49.7 Å². The number of nitrogens with zero attached hydrogens (tertiary/aromatic N) is 1. The molecule has 0 fully saturated rings. The number of hydrogen-bond donors (Lipinski definition) is 1. The fourth-order valence-corrected chi connectivity index (χ4v) is 2.90. The number of pyridine rings is 1. The van der Waals surface area contributed by atoms with E-state index < -0.39 is 5.97 Å². The highest BCUT2D eigenvalue weighted by Gasteiger charge is 2.16. The topological polar surface area (TPSA) is 63.3 Å². The molecule has 0 spiro atoms. The number of carboxylic acid groups (broad SMARTS) is 1. The zero-order chi connectivity index (χ0) is 15.1. The molecule has 0 aliphatic carbocycles. The maximum Gasteiger partial charge on any atom is 0.336 e. The van der Waals surface area contributed by atoms with Crippen molar-refractivity contribution >= 4 is 32.8 Å². The lowest BCUT2D eigenvalue weighted by Gasteiger charge is -2.08. The molecular formula is C16H12BrNO3. The molecule has 0 atom stereocenters. The summed E-state index contributed by atoms with van der Waals surface area (Å²) in [6, 6.07) is 8.86. The van der Waals surface area contributed by atoms with Crippen molar-refractivity contribution in [3.63, 3.8) is 0 Å². The molecule has 3 rings (SSSR count). The molecule has 0 saturated heterocycles. The zero-order valence-electron chi connectivity index (χ0n) is 11.5. The second kappa shape index (κ2) is 5.00. The van der Waals surface area contributed by atoms with Crippen LogP contribution in [0.5, 0.6) is 0 Å². The normalized spacial score (nSPS) is 11.0. The van der Waals surface area contributed by atoms with Gasteiger partial charge in [0.2, 0.25) is 0 Å². The third-order valence-electron chi connectivity index (χ3n) is 3.29. The summed E-state index contributed by atoms with van der Waals surface area (Å²) in [5.74, 6) is 0.347. The molecule has 0 saturated carbocycles. The molecule has 106 valence electrons. The van der Waals surface area contributed by atoms with E-state index in [2.05, 4.69) is 20.9 Å². The number of carboxylic acids is 1. The first-order valence-electron chi connectivity index (χ1n) is 6.36. The number of aromatic nitrogens is 1. The number of aryl methyl sites for hydroxylation is 2. The average molecular weight is 346 g/mol. The second-order valence-electron chi connectivity index (χ2n) is 4.89. The maximum atomic E-state index is 11.6. The molecule has 5 heteroatoms. The predicted octanol–water partition coefficient (Wildman–Crippen LogP) is 4.57. The SMILES string of the molecule is Cc1ccc(-c2cc(C(=O)O)c3cc(Br)cc(C)c3n2)o1. The van der Waals surface area contributed by atoms with Gasteiger partial charge < -0.3 is 9.52 Å². The zero-order valence-corrected chi connectivity index (χ0v) is 13.1. The van der Waals surface area contributed by atoms with Crippen molar-refractivity contribution in [3.8, 4) is 11.5 Å². The van der Waals surface area contributed by atoms with Gasteiger partial charge >= 0.3 is 5.97 Å². The third kappa shape index (κ3) is 2.45. The van der Waals surface area contributed by atoms with Crippen LogP contribution in [0.25, 0.3) is 22.4 Å². The smallest absolute Gasteiger partial charge is 0.336 e. The Morgan fingerprint density at radius 3 is 2.62 bits per heavy atom. The first-order valence-corrected chi connectivity index (χ1v) is 7.16. The first kappa shape index (κ1) is 13.8. The van der Waals surface area contributed by atoms with Gasteiger partial charge in [-0.3, -0.25) is 0 Å². The molecule has 0 radical (unpaired) electrons. The van der Waals surface area contributed by atoms with E-state index in [1.165, 1.54) is 0 Å². The van der Waals surface area contributed by atoms with Crippen molar-refractivity contribution in [3.05, 3.63) is 51.7 Å². The molecule has 0 unspecified atom stereocenters. The molecule has 21 heavy (non-hydrogen) atoms. The van der Waals surface area contributed by atoms with E-state index in [9.17, 15) is 9.90 Å². The van der Waals surface area contributed by atoms with E-state index >= 15 is 0 Å². The molecule has 1 N–H and O–H groups in total. The first-order chi connectivity index (χ1) is 9.95. The standard InChI is InChI=1S/C16H12BrNO3/c1-8-5-10(17)6-11-12(16(19)20)7-13(18-15(8)11)14-4-3-9(2)21-14/h3-7H,1-2H3,(H,19,20). The number of hydrogen-bond acceptors (Lipinski definition) is 3. The molecule has 2 aromatic heterocycles. The molecule has 2 heterocycles. The Balaban J connectivity index is 2.37. The summed E-state index contributed by atoms with van der Waals surface area (Å²) in [6.07, 6.45) is 0. The van der Waals surface area contributed by atoms with Crippen LogP contribution in [0.15, 0.2) is 39.2 Å². The molecule has 0 bridgehead atoms. The van der Waals surface area contributed by atoms with Gasteiger partial charge in [0.1, 0.15) is 11.5 Å². The van der Waals surface area contributed by atoms with Gasteiger partial charge in [-0.1, -0.05) is 15.9 Å². The van der Waals surface area contributed by atoms with E-state index in [0.29, 0.717) is 22.4 Å². The van der Waals surface area contributed by atoms with Crippen LogP contribution in [0, 0.1) is 13.8 Å². The summed E-state index contributed by atoms with van der Waals surface area (Å²) in [5.41, 5.74) is 2.32. The van der Waals surface area contributed by atoms with Gasteiger partial charge in [-0.2, -0.15) is 0 Å². The van der Waals surface area contributed by atoms with Crippen LogP contribution in [-0.4, -0.2) is 16.1 Å². The third-order valence-corrected chi connectivity index (χ3v) is 3.75. The lowest BCUT2D eigenvalue weighted by Crippen LogP contribution is -2.01. The molecule has 3 aromatic rings. The van der Waals surface area contributed by atoms with Crippen molar-refractivity contribution in [2.24, 2.45) is 0 Å². The summed E-state index contributed by atoms with van der Waals surface area (Å²) in [6.45, 7) is 3.74. The minimum Gasteiger partial charge on any atom is -0.478 e. The molecule has 0 aliphatic rings. The highest BCUT2D eigenvalue weighted by atomic mass is 79.9. The van der Waals surface area contributed by atoms with Crippen LogP contribution in [0.4, 0.5) is 0 Å². The number of carbonyl (C=O) groups is 1. The molecule has 0 aliphatic heterocycles. The fourth-order valence-electron chi connectivity index (χ4n) is 2.33. The van der Waals surface area contributed by atoms with Gasteiger partial charge in [0.15, 0.2) is 5.76 Å². The quantitative estimate of drug-likeness (QED) is 0.738. The van der Waals surface area contributed by atoms with Crippen LogP contribution in [0.2, 0.25) is 0 Å². The van der Waals surface area contributed by atoms with E-state index in [0.717, 1.165) is 15.8 Å². The number of rotatable bonds is 2. The molecular weight excluding hydrogens is 334 g/mol. The fraction of sp³-hybridized carbons (Fsp3) is 0.125. The number of halogens is 1. The summed E-state index contributed by atoms with van der Waals surface area (Å²) in [7, 11) is 0. The molecule has 1 aromatic carbocycles. The van der Waals surface area contributed by atoms with E-state index in [1.54, 1.807) is 18.2 Å². The van der Waals surface area contributed by atoms with Gasteiger partial charge in [-0.25, -0.2) is 9.78 Å². The lowest BCUT2D eigenvalue weighted by molar-refractivity contribution is 0.0699. The Kier molecular flexibility index (Phi) is 3.29. The van der Waals surface area contributed by atoms with Crippen molar-refractivity contribution in [2.45, 2.75) is 13.8 Å². The Morgan fingerprint density at radius 2 is 2.00 bits per heavy atom. The number of fused-ring (bicyclic) bond motifs is 1. The van der Waals surface area contributed by atoms with Crippen LogP contribution >= 0.6 is 15.9 Å².